The fraction of sp³-hybridized carbons (Fsp3) is 0.955. The van der Waals surface area contributed by atoms with Crippen LogP contribution in [-0.2, 0) is 9.53 Å². The van der Waals surface area contributed by atoms with E-state index in [1.54, 1.807) is 0 Å². The molecule has 0 aromatic heterocycles. The third kappa shape index (κ3) is 2.70. The molecule has 4 fully saturated rings. The highest BCUT2D eigenvalue weighted by atomic mass is 79.9. The molecule has 0 saturated heterocycles. The van der Waals surface area contributed by atoms with Gasteiger partial charge in [-0.3, -0.25) is 4.79 Å². The summed E-state index contributed by atoms with van der Waals surface area (Å²) in [7, 11) is 1.91. The minimum atomic E-state index is 0.266. The summed E-state index contributed by atoms with van der Waals surface area (Å²) < 4.78 is 5.84. The Balaban J connectivity index is 1.63. The topological polar surface area (TPSA) is 26.3 Å². The lowest BCUT2D eigenvalue weighted by atomic mass is 9.44. The van der Waals surface area contributed by atoms with Gasteiger partial charge in [-0.2, -0.15) is 0 Å². The number of ketones is 1. The van der Waals surface area contributed by atoms with E-state index in [9.17, 15) is 4.79 Å². The first kappa shape index (κ1) is 18.5. The smallest absolute Gasteiger partial charge is 0.147 e. The van der Waals surface area contributed by atoms with Gasteiger partial charge in [0.2, 0.25) is 0 Å². The highest BCUT2D eigenvalue weighted by molar-refractivity contribution is 9.09. The number of hydrogen-bond acceptors (Lipinski definition) is 2. The van der Waals surface area contributed by atoms with Gasteiger partial charge in [0.15, 0.2) is 0 Å². The number of methoxy groups -OCH3 is 1. The highest BCUT2D eigenvalue weighted by Crippen LogP contribution is 2.67. The quantitative estimate of drug-likeness (QED) is 0.561. The molecule has 25 heavy (non-hydrogen) atoms. The molecular weight excluding hydrogens is 376 g/mol. The number of alkyl halides is 1. The number of ether oxygens (including phenoxy) is 1. The molecule has 0 bridgehead atoms. The maximum atomic E-state index is 12.6. The highest BCUT2D eigenvalue weighted by Gasteiger charge is 2.61. The first-order valence-corrected chi connectivity index (χ1v) is 11.8. The van der Waals surface area contributed by atoms with E-state index >= 15 is 0 Å². The molecule has 7 atom stereocenters. The van der Waals surface area contributed by atoms with Crippen molar-refractivity contribution in [3.63, 3.8) is 0 Å². The Morgan fingerprint density at radius 2 is 1.88 bits per heavy atom. The van der Waals surface area contributed by atoms with E-state index < -0.39 is 0 Å². The Hall–Kier alpha value is 0.110. The van der Waals surface area contributed by atoms with Crippen LogP contribution in [0, 0.1) is 40.4 Å². The van der Waals surface area contributed by atoms with Gasteiger partial charge >= 0.3 is 0 Å². The van der Waals surface area contributed by atoms with Crippen LogP contribution in [0.1, 0.15) is 71.1 Å². The number of carbonyl (C=O) groups is 1. The van der Waals surface area contributed by atoms with Gasteiger partial charge in [-0.25, -0.2) is 0 Å². The fourth-order valence-electron chi connectivity index (χ4n) is 8.24. The van der Waals surface area contributed by atoms with Gasteiger partial charge < -0.3 is 4.74 Å². The second-order valence-electron chi connectivity index (χ2n) is 9.84. The van der Waals surface area contributed by atoms with Gasteiger partial charge in [0.05, 0.1) is 11.9 Å². The van der Waals surface area contributed by atoms with Crippen LogP contribution < -0.4 is 0 Å². The van der Waals surface area contributed by atoms with Crippen LogP contribution in [0.5, 0.6) is 0 Å². The predicted octanol–water partition coefficient (Wildman–Crippen LogP) is 5.63. The van der Waals surface area contributed by atoms with Gasteiger partial charge in [-0.05, 0) is 85.9 Å². The first-order valence-electron chi connectivity index (χ1n) is 10.6. The number of hydrogen-bond donors (Lipinski definition) is 0. The summed E-state index contributed by atoms with van der Waals surface area (Å²) in [4.78, 5) is 12.6. The maximum absolute atomic E-state index is 12.6. The molecule has 4 rings (SSSR count). The van der Waals surface area contributed by atoms with Crippen molar-refractivity contribution in [3.8, 4) is 0 Å². The first-order chi connectivity index (χ1) is 12.1. The van der Waals surface area contributed by atoms with Crippen molar-refractivity contribution in [1.29, 1.82) is 0 Å². The zero-order valence-electron chi connectivity index (χ0n) is 16.1. The van der Waals surface area contributed by atoms with Crippen molar-refractivity contribution in [1.82, 2.24) is 0 Å². The molecule has 0 spiro atoms. The number of rotatable bonds is 4. The third-order valence-electron chi connectivity index (χ3n) is 9.22. The van der Waals surface area contributed by atoms with Crippen molar-refractivity contribution < 1.29 is 9.53 Å². The summed E-state index contributed by atoms with van der Waals surface area (Å²) in [6, 6.07) is 0. The van der Waals surface area contributed by atoms with Crippen molar-refractivity contribution in [3.05, 3.63) is 0 Å². The second kappa shape index (κ2) is 6.93. The van der Waals surface area contributed by atoms with E-state index in [1.807, 2.05) is 7.11 Å². The Morgan fingerprint density at radius 1 is 1.04 bits per heavy atom. The van der Waals surface area contributed by atoms with Gasteiger partial charge in [0.25, 0.3) is 0 Å². The summed E-state index contributed by atoms with van der Waals surface area (Å²) in [6.07, 6.45) is 13.5. The number of carbonyl (C=O) groups excluding carboxylic acids is 1. The molecule has 7 unspecified atom stereocenters. The normalized spacial score (nSPS) is 49.2. The standard InChI is InChI=1S/C22H35BrO2/c1-21-12-10-18-16(17(21)8-9-19(21)20(24)13-23)7-6-15-5-3-4-11-22(15,18)14-25-2/h15-19H,3-14H2,1-2H3. The second-order valence-corrected chi connectivity index (χ2v) is 10.4. The number of halogens is 1. The molecule has 3 heteroatoms. The molecular formula is C22H35BrO2. The summed E-state index contributed by atoms with van der Waals surface area (Å²) in [5, 5.41) is 0.545. The van der Waals surface area contributed by atoms with Crippen LogP contribution in [0.3, 0.4) is 0 Å². The van der Waals surface area contributed by atoms with E-state index in [-0.39, 0.29) is 5.41 Å². The molecule has 4 aliphatic rings. The Bertz CT molecular complexity index is 516. The summed E-state index contributed by atoms with van der Waals surface area (Å²) >= 11 is 3.44. The van der Waals surface area contributed by atoms with Crippen molar-refractivity contribution >= 4 is 21.7 Å². The van der Waals surface area contributed by atoms with Crippen molar-refractivity contribution in [2.75, 3.05) is 19.0 Å². The zero-order valence-corrected chi connectivity index (χ0v) is 17.7. The van der Waals surface area contributed by atoms with Gasteiger partial charge in [0.1, 0.15) is 5.78 Å². The van der Waals surface area contributed by atoms with Crippen LogP contribution in [-0.4, -0.2) is 24.8 Å². The SMILES string of the molecule is COCC12CCCCC1CCC1C3CCC(C(=O)CBr)C3(C)CCC12. The van der Waals surface area contributed by atoms with E-state index in [0.29, 0.717) is 22.4 Å². The molecule has 2 nitrogen and oxygen atoms in total. The van der Waals surface area contributed by atoms with Crippen LogP contribution in [0.2, 0.25) is 0 Å². The van der Waals surface area contributed by atoms with Crippen LogP contribution >= 0.6 is 15.9 Å². The molecule has 0 radical (unpaired) electrons. The molecule has 4 saturated carbocycles. The number of fused-ring (bicyclic) bond motifs is 5. The molecule has 0 aromatic carbocycles. The lowest BCUT2D eigenvalue weighted by Crippen LogP contribution is -2.56. The molecule has 0 aliphatic heterocycles. The van der Waals surface area contributed by atoms with Gasteiger partial charge in [-0.15, -0.1) is 0 Å². The minimum absolute atomic E-state index is 0.266. The van der Waals surface area contributed by atoms with Gasteiger partial charge in [0, 0.05) is 13.0 Å². The Morgan fingerprint density at radius 3 is 2.64 bits per heavy atom. The average Bonchev–Trinajstić information content (AvgIpc) is 2.98. The van der Waals surface area contributed by atoms with Crippen molar-refractivity contribution in [2.45, 2.75) is 71.1 Å². The molecule has 0 aromatic rings. The average molecular weight is 411 g/mol. The molecule has 0 N–H and O–H groups in total. The van der Waals surface area contributed by atoms with Crippen molar-refractivity contribution in [2.24, 2.45) is 40.4 Å². The van der Waals surface area contributed by atoms with Crippen LogP contribution in [0.4, 0.5) is 0 Å². The summed E-state index contributed by atoms with van der Waals surface area (Å²) in [5.41, 5.74) is 0.719. The predicted molar refractivity (Wildman–Crippen MR) is 105 cm³/mol. The largest absolute Gasteiger partial charge is 0.384 e. The fourth-order valence-corrected chi connectivity index (χ4v) is 8.63. The lowest BCUT2D eigenvalue weighted by molar-refractivity contribution is -0.149. The van der Waals surface area contributed by atoms with E-state index in [4.69, 9.17) is 4.74 Å². The molecule has 0 heterocycles. The minimum Gasteiger partial charge on any atom is -0.384 e. The van der Waals surface area contributed by atoms with Gasteiger partial charge in [-0.1, -0.05) is 35.7 Å². The molecule has 0 amide bonds. The maximum Gasteiger partial charge on any atom is 0.147 e. The van der Waals surface area contributed by atoms with Crippen LogP contribution in [0.15, 0.2) is 0 Å². The van der Waals surface area contributed by atoms with E-state index in [2.05, 4.69) is 22.9 Å². The molecule has 4 aliphatic carbocycles. The lowest BCUT2D eigenvalue weighted by Gasteiger charge is -2.61. The number of Topliss-reactive ketones (excluding diaryl/α,β-unsaturated/α-hetero) is 1. The van der Waals surface area contributed by atoms with E-state index in [0.717, 1.165) is 36.7 Å². The molecule has 142 valence electrons. The van der Waals surface area contributed by atoms with E-state index in [1.165, 1.54) is 57.8 Å². The van der Waals surface area contributed by atoms with Crippen LogP contribution in [0.25, 0.3) is 0 Å². The Labute approximate surface area is 162 Å². The monoisotopic (exact) mass is 410 g/mol. The zero-order chi connectivity index (χ0) is 17.7. The summed E-state index contributed by atoms with van der Waals surface area (Å²) in [6.45, 7) is 3.44. The third-order valence-corrected chi connectivity index (χ3v) is 9.77. The summed E-state index contributed by atoms with van der Waals surface area (Å²) in [5.74, 6) is 4.13. The Kier molecular flexibility index (Phi) is 5.12.